The van der Waals surface area contributed by atoms with Crippen LogP contribution in [-0.4, -0.2) is 39.2 Å². The number of nitrogens with two attached hydrogens (primary N) is 1. The van der Waals surface area contributed by atoms with Crippen LogP contribution in [0.3, 0.4) is 0 Å². The maximum Gasteiger partial charge on any atom is 0.304 e. The van der Waals surface area contributed by atoms with Crippen molar-refractivity contribution < 1.29 is 13.9 Å². The SMILES string of the molecule is CC(C)OC1C=CC(Nc2ncc(C(=O)N=NN)c(=O)n2CC2=CCC(Cl)CC2)=CC1F. The van der Waals surface area contributed by atoms with Crippen LogP contribution in [0, 0.1) is 0 Å². The Labute approximate surface area is 189 Å². The summed E-state index contributed by atoms with van der Waals surface area (Å²) < 4.78 is 21.4. The van der Waals surface area contributed by atoms with E-state index in [1.807, 2.05) is 19.9 Å². The fraction of sp³-hybridized carbons (Fsp3) is 0.476. The van der Waals surface area contributed by atoms with Crippen LogP contribution in [0.1, 0.15) is 43.5 Å². The number of nitrogens with one attached hydrogen (secondary N) is 1. The summed E-state index contributed by atoms with van der Waals surface area (Å²) in [7, 11) is 0. The van der Waals surface area contributed by atoms with Gasteiger partial charge in [-0.05, 0) is 45.3 Å². The van der Waals surface area contributed by atoms with Gasteiger partial charge in [-0.2, -0.15) is 0 Å². The molecule has 3 rings (SSSR count). The molecule has 0 radical (unpaired) electrons. The van der Waals surface area contributed by atoms with Gasteiger partial charge >= 0.3 is 5.91 Å². The van der Waals surface area contributed by atoms with Crippen molar-refractivity contribution in [1.82, 2.24) is 9.55 Å². The molecular formula is C21H26ClFN6O3. The van der Waals surface area contributed by atoms with Crippen LogP contribution in [0.4, 0.5) is 10.3 Å². The van der Waals surface area contributed by atoms with Gasteiger partial charge in [0.25, 0.3) is 5.56 Å². The second kappa shape index (κ2) is 10.6. The van der Waals surface area contributed by atoms with E-state index in [0.29, 0.717) is 18.5 Å². The molecule has 0 fully saturated rings. The van der Waals surface area contributed by atoms with Gasteiger partial charge in [-0.3, -0.25) is 14.2 Å². The zero-order valence-electron chi connectivity index (χ0n) is 17.9. The molecule has 3 atom stereocenters. The zero-order chi connectivity index (χ0) is 23.3. The monoisotopic (exact) mass is 464 g/mol. The molecule has 2 aliphatic rings. The topological polar surface area (TPSA) is 124 Å². The van der Waals surface area contributed by atoms with Crippen LogP contribution in [0.2, 0.25) is 0 Å². The lowest BCUT2D eigenvalue weighted by molar-refractivity contribution is 0.00262. The van der Waals surface area contributed by atoms with E-state index < -0.39 is 23.7 Å². The highest BCUT2D eigenvalue weighted by molar-refractivity contribution is 6.20. The van der Waals surface area contributed by atoms with Crippen LogP contribution < -0.4 is 16.7 Å². The lowest BCUT2D eigenvalue weighted by atomic mass is 9.99. The minimum atomic E-state index is -1.36. The molecule has 1 amide bonds. The molecule has 32 heavy (non-hydrogen) atoms. The third-order valence-electron chi connectivity index (χ3n) is 5.03. The Hall–Kier alpha value is -2.85. The summed E-state index contributed by atoms with van der Waals surface area (Å²) in [4.78, 5) is 29.4. The van der Waals surface area contributed by atoms with E-state index >= 15 is 0 Å². The van der Waals surface area contributed by atoms with Gasteiger partial charge in [0, 0.05) is 17.3 Å². The maximum absolute atomic E-state index is 14.5. The van der Waals surface area contributed by atoms with Crippen molar-refractivity contribution in [3.8, 4) is 0 Å². The van der Waals surface area contributed by atoms with Gasteiger partial charge in [0.1, 0.15) is 11.7 Å². The highest BCUT2D eigenvalue weighted by atomic mass is 35.5. The first-order valence-electron chi connectivity index (χ1n) is 10.3. The number of hydrogen-bond acceptors (Lipinski definition) is 6. The highest BCUT2D eigenvalue weighted by Crippen LogP contribution is 2.24. The maximum atomic E-state index is 14.5. The fourth-order valence-corrected chi connectivity index (χ4v) is 3.67. The number of amides is 1. The summed E-state index contributed by atoms with van der Waals surface area (Å²) in [5, 5.41) is 9.20. The molecule has 0 spiro atoms. The Morgan fingerprint density at radius 3 is 2.91 bits per heavy atom. The predicted molar refractivity (Wildman–Crippen MR) is 119 cm³/mol. The van der Waals surface area contributed by atoms with E-state index in [4.69, 9.17) is 22.2 Å². The van der Waals surface area contributed by atoms with Gasteiger partial charge < -0.3 is 15.9 Å². The van der Waals surface area contributed by atoms with E-state index in [9.17, 15) is 14.0 Å². The number of anilines is 1. The Morgan fingerprint density at radius 1 is 1.50 bits per heavy atom. The number of alkyl halides is 2. The lowest BCUT2D eigenvalue weighted by Gasteiger charge is -2.24. The van der Waals surface area contributed by atoms with Gasteiger partial charge in [0.05, 0.1) is 12.6 Å². The van der Waals surface area contributed by atoms with Crippen LogP contribution in [-0.2, 0) is 11.3 Å². The summed E-state index contributed by atoms with van der Waals surface area (Å²) in [6.07, 6.45) is 7.74. The summed E-state index contributed by atoms with van der Waals surface area (Å²) >= 11 is 6.16. The highest BCUT2D eigenvalue weighted by Gasteiger charge is 2.24. The van der Waals surface area contributed by atoms with Crippen molar-refractivity contribution in [3.05, 3.63) is 57.7 Å². The molecule has 1 aromatic heterocycles. The molecular weight excluding hydrogens is 439 g/mol. The summed E-state index contributed by atoms with van der Waals surface area (Å²) in [5.41, 5.74) is 0.534. The first kappa shape index (κ1) is 23.8. The van der Waals surface area contributed by atoms with Crippen molar-refractivity contribution in [1.29, 1.82) is 0 Å². The second-order valence-corrected chi connectivity index (χ2v) is 8.46. The van der Waals surface area contributed by atoms with E-state index in [1.165, 1.54) is 10.6 Å². The van der Waals surface area contributed by atoms with Crippen molar-refractivity contribution in [3.63, 3.8) is 0 Å². The third-order valence-corrected chi connectivity index (χ3v) is 5.43. The molecule has 9 nitrogen and oxygen atoms in total. The second-order valence-electron chi connectivity index (χ2n) is 7.84. The summed E-state index contributed by atoms with van der Waals surface area (Å²) in [6, 6.07) is 0. The predicted octanol–water partition coefficient (Wildman–Crippen LogP) is 3.42. The minimum absolute atomic E-state index is 0.0593. The van der Waals surface area contributed by atoms with Crippen molar-refractivity contribution in [2.45, 2.75) is 63.4 Å². The minimum Gasteiger partial charge on any atom is -0.368 e. The average molecular weight is 465 g/mol. The van der Waals surface area contributed by atoms with Crippen LogP contribution in [0.25, 0.3) is 0 Å². The van der Waals surface area contributed by atoms with E-state index in [2.05, 4.69) is 20.6 Å². The van der Waals surface area contributed by atoms with Gasteiger partial charge in [0.15, 0.2) is 6.17 Å². The van der Waals surface area contributed by atoms with Crippen LogP contribution in [0.15, 0.2) is 56.9 Å². The Kier molecular flexibility index (Phi) is 7.92. The van der Waals surface area contributed by atoms with Gasteiger partial charge in [-0.15, -0.1) is 11.6 Å². The lowest BCUT2D eigenvalue weighted by Crippen LogP contribution is -2.31. The Bertz CT molecular complexity index is 1030. The molecule has 0 bridgehead atoms. The normalized spacial score (nSPS) is 23.3. The molecule has 0 aromatic carbocycles. The number of ether oxygens (including phenoxy) is 1. The number of carbonyl (C=O) groups is 1. The quantitative estimate of drug-likeness (QED) is 0.209. The Balaban J connectivity index is 1.91. The fourth-order valence-electron chi connectivity index (χ4n) is 3.47. The number of halogens is 2. The number of nitrogens with zero attached hydrogens (tertiary/aromatic N) is 4. The van der Waals surface area contributed by atoms with Gasteiger partial charge in [-0.1, -0.05) is 28.1 Å². The van der Waals surface area contributed by atoms with Crippen molar-refractivity contribution in [2.75, 3.05) is 5.32 Å². The standard InChI is InChI=1S/C21H26ClFN6O3/c1-12(2)32-18-8-7-15(9-17(18)23)26-21-25-10-16(19(30)27-28-24)20(31)29(21)11-13-3-5-14(22)6-4-13/h3,7-10,12,14,17-18H,4-6,11H2,1-2H3,(H,25,26)(H2,24,27,30). The summed E-state index contributed by atoms with van der Waals surface area (Å²) in [6.45, 7) is 3.87. The first-order valence-corrected chi connectivity index (χ1v) is 10.8. The third kappa shape index (κ3) is 5.89. The average Bonchev–Trinajstić information content (AvgIpc) is 2.74. The number of hydrogen-bond donors (Lipinski definition) is 2. The zero-order valence-corrected chi connectivity index (χ0v) is 18.6. The molecule has 2 aliphatic carbocycles. The number of aromatic nitrogens is 2. The molecule has 172 valence electrons. The van der Waals surface area contributed by atoms with Gasteiger partial charge in [-0.25, -0.2) is 9.37 Å². The number of allylic oxidation sites excluding steroid dienone is 3. The van der Waals surface area contributed by atoms with Crippen LogP contribution in [0.5, 0.6) is 0 Å². The van der Waals surface area contributed by atoms with E-state index in [-0.39, 0.29) is 29.5 Å². The molecule has 0 saturated heterocycles. The molecule has 3 N–H and O–H groups in total. The van der Waals surface area contributed by atoms with E-state index in [0.717, 1.165) is 18.2 Å². The number of carbonyl (C=O) groups excluding carboxylic acids is 1. The first-order chi connectivity index (χ1) is 15.3. The largest absolute Gasteiger partial charge is 0.368 e. The molecule has 0 aliphatic heterocycles. The van der Waals surface area contributed by atoms with Crippen LogP contribution >= 0.6 is 11.6 Å². The Morgan fingerprint density at radius 2 is 2.28 bits per heavy atom. The van der Waals surface area contributed by atoms with E-state index in [1.54, 1.807) is 12.2 Å². The molecule has 3 unspecified atom stereocenters. The summed E-state index contributed by atoms with van der Waals surface area (Å²) in [5.74, 6) is 4.21. The molecule has 0 saturated carbocycles. The number of rotatable bonds is 7. The van der Waals surface area contributed by atoms with Crippen molar-refractivity contribution in [2.24, 2.45) is 16.2 Å². The van der Waals surface area contributed by atoms with Gasteiger partial charge in [0.2, 0.25) is 5.95 Å². The van der Waals surface area contributed by atoms with Crippen molar-refractivity contribution >= 4 is 23.5 Å². The molecule has 1 aromatic rings. The molecule has 11 heteroatoms. The molecule has 1 heterocycles. The smallest absolute Gasteiger partial charge is 0.304 e.